The number of rotatable bonds is 3. The van der Waals surface area contributed by atoms with E-state index in [-0.39, 0.29) is 18.4 Å². The van der Waals surface area contributed by atoms with Crippen LogP contribution in [0.1, 0.15) is 10.5 Å². The van der Waals surface area contributed by atoms with Crippen LogP contribution in [-0.4, -0.2) is 42.3 Å². The first kappa shape index (κ1) is 12.9. The molecule has 2 aromatic rings. The van der Waals surface area contributed by atoms with Crippen molar-refractivity contribution in [3.8, 4) is 0 Å². The fourth-order valence-electron chi connectivity index (χ4n) is 1.84. The highest BCUT2D eigenvalue weighted by atomic mass is 16.2. The van der Waals surface area contributed by atoms with Crippen molar-refractivity contribution in [1.82, 2.24) is 15.2 Å². The third-order valence-corrected chi connectivity index (χ3v) is 2.88. The molecule has 0 unspecified atom stereocenters. The van der Waals surface area contributed by atoms with Crippen molar-refractivity contribution in [2.75, 3.05) is 26.4 Å². The number of nitrogens with one attached hydrogen (secondary N) is 2. The molecular formula is C13H16N4O2. The standard InChI is InChI=1S/C13H16N4O2/c1-15-12(18)7-17(2)13(19)11-6-8-5-9(14)3-4-10(8)16-11/h3-6,16H,7,14H2,1-2H3,(H,15,18). The first-order chi connectivity index (χ1) is 9.01. The first-order valence-corrected chi connectivity index (χ1v) is 5.85. The molecule has 1 aromatic heterocycles. The zero-order valence-electron chi connectivity index (χ0n) is 10.9. The van der Waals surface area contributed by atoms with Gasteiger partial charge in [0.1, 0.15) is 5.69 Å². The molecule has 4 N–H and O–H groups in total. The van der Waals surface area contributed by atoms with Gasteiger partial charge in [0, 0.05) is 30.7 Å². The maximum atomic E-state index is 12.1. The zero-order valence-corrected chi connectivity index (χ0v) is 10.9. The number of hydrogen-bond acceptors (Lipinski definition) is 3. The summed E-state index contributed by atoms with van der Waals surface area (Å²) in [7, 11) is 3.11. The lowest BCUT2D eigenvalue weighted by atomic mass is 10.2. The summed E-state index contributed by atoms with van der Waals surface area (Å²) in [6, 6.07) is 7.11. The molecule has 0 aliphatic rings. The lowest BCUT2D eigenvalue weighted by Crippen LogP contribution is -2.37. The summed E-state index contributed by atoms with van der Waals surface area (Å²) in [4.78, 5) is 27.7. The summed E-state index contributed by atoms with van der Waals surface area (Å²) >= 11 is 0. The first-order valence-electron chi connectivity index (χ1n) is 5.85. The van der Waals surface area contributed by atoms with E-state index in [0.717, 1.165) is 10.9 Å². The number of carbonyl (C=O) groups excluding carboxylic acids is 2. The highest BCUT2D eigenvalue weighted by molar-refractivity contribution is 5.99. The average Bonchev–Trinajstić information content (AvgIpc) is 2.80. The number of nitrogens with zero attached hydrogens (tertiary/aromatic N) is 1. The number of carbonyl (C=O) groups is 2. The molecule has 0 bridgehead atoms. The zero-order chi connectivity index (χ0) is 14.0. The molecule has 6 nitrogen and oxygen atoms in total. The number of nitrogens with two attached hydrogens (primary N) is 1. The van der Waals surface area contributed by atoms with Gasteiger partial charge in [-0.2, -0.15) is 0 Å². The quantitative estimate of drug-likeness (QED) is 0.704. The van der Waals surface area contributed by atoms with Crippen LogP contribution >= 0.6 is 0 Å². The molecule has 0 saturated carbocycles. The molecule has 1 aromatic carbocycles. The third-order valence-electron chi connectivity index (χ3n) is 2.88. The molecule has 0 spiro atoms. The van der Waals surface area contributed by atoms with Crippen LogP contribution < -0.4 is 11.1 Å². The topological polar surface area (TPSA) is 91.2 Å². The van der Waals surface area contributed by atoms with Crippen LogP contribution in [0, 0.1) is 0 Å². The van der Waals surface area contributed by atoms with Crippen molar-refractivity contribution < 1.29 is 9.59 Å². The van der Waals surface area contributed by atoms with E-state index < -0.39 is 0 Å². The summed E-state index contributed by atoms with van der Waals surface area (Å²) in [5, 5.41) is 3.35. The summed E-state index contributed by atoms with van der Waals surface area (Å²) in [6.45, 7) is 0.0207. The largest absolute Gasteiger partial charge is 0.399 e. The fraction of sp³-hybridized carbons (Fsp3) is 0.231. The van der Waals surface area contributed by atoms with Crippen LogP contribution in [0.2, 0.25) is 0 Å². The Labute approximate surface area is 110 Å². The highest BCUT2D eigenvalue weighted by Gasteiger charge is 2.16. The molecule has 0 fully saturated rings. The Balaban J connectivity index is 2.23. The molecule has 2 rings (SSSR count). The van der Waals surface area contributed by atoms with E-state index in [0.29, 0.717) is 11.4 Å². The van der Waals surface area contributed by atoms with Crippen LogP contribution in [0.15, 0.2) is 24.3 Å². The molecule has 1 heterocycles. The summed E-state index contributed by atoms with van der Waals surface area (Å²) in [5.74, 6) is -0.449. The molecule has 19 heavy (non-hydrogen) atoms. The van der Waals surface area contributed by atoms with E-state index in [1.807, 2.05) is 6.07 Å². The minimum atomic E-state index is -0.238. The number of aromatic nitrogens is 1. The van der Waals surface area contributed by atoms with Crippen molar-refractivity contribution in [2.24, 2.45) is 0 Å². The number of nitrogen functional groups attached to an aromatic ring is 1. The minimum Gasteiger partial charge on any atom is -0.399 e. The number of anilines is 1. The molecule has 0 aliphatic heterocycles. The van der Waals surface area contributed by atoms with Crippen molar-refractivity contribution in [2.45, 2.75) is 0 Å². The van der Waals surface area contributed by atoms with Gasteiger partial charge in [0.25, 0.3) is 5.91 Å². The Hall–Kier alpha value is -2.50. The Kier molecular flexibility index (Phi) is 3.41. The lowest BCUT2D eigenvalue weighted by molar-refractivity contribution is -0.121. The van der Waals surface area contributed by atoms with Crippen molar-refractivity contribution in [3.05, 3.63) is 30.0 Å². The van der Waals surface area contributed by atoms with Gasteiger partial charge in [-0.05, 0) is 24.3 Å². The van der Waals surface area contributed by atoms with Crippen molar-refractivity contribution in [1.29, 1.82) is 0 Å². The Morgan fingerprint density at radius 2 is 2.11 bits per heavy atom. The number of H-pyrrole nitrogens is 1. The number of amides is 2. The van der Waals surface area contributed by atoms with Gasteiger partial charge in [0.15, 0.2) is 0 Å². The number of aromatic amines is 1. The van der Waals surface area contributed by atoms with Crippen LogP contribution in [0.5, 0.6) is 0 Å². The van der Waals surface area contributed by atoms with Gasteiger partial charge in [-0.15, -0.1) is 0 Å². The molecule has 6 heteroatoms. The Morgan fingerprint density at radius 1 is 1.37 bits per heavy atom. The van der Waals surface area contributed by atoms with Crippen LogP contribution in [0.3, 0.4) is 0 Å². The summed E-state index contributed by atoms with van der Waals surface area (Å²) < 4.78 is 0. The fourth-order valence-corrected chi connectivity index (χ4v) is 1.84. The number of hydrogen-bond donors (Lipinski definition) is 3. The normalized spacial score (nSPS) is 10.4. The molecule has 2 amide bonds. The molecule has 100 valence electrons. The van der Waals surface area contributed by atoms with Crippen molar-refractivity contribution >= 4 is 28.4 Å². The van der Waals surface area contributed by atoms with Gasteiger partial charge >= 0.3 is 0 Å². The number of likely N-dealkylation sites (N-methyl/N-ethyl adjacent to an activating group) is 2. The van der Waals surface area contributed by atoms with Gasteiger partial charge in [0.2, 0.25) is 5.91 Å². The molecule has 0 atom stereocenters. The predicted molar refractivity (Wildman–Crippen MR) is 73.7 cm³/mol. The highest BCUT2D eigenvalue weighted by Crippen LogP contribution is 2.19. The van der Waals surface area contributed by atoms with Gasteiger partial charge in [-0.1, -0.05) is 0 Å². The molecule has 0 aliphatic carbocycles. The third kappa shape index (κ3) is 2.67. The molecule has 0 saturated heterocycles. The van der Waals surface area contributed by atoms with Gasteiger partial charge in [-0.3, -0.25) is 9.59 Å². The van der Waals surface area contributed by atoms with E-state index in [1.54, 1.807) is 25.2 Å². The summed E-state index contributed by atoms with van der Waals surface area (Å²) in [5.41, 5.74) is 7.61. The molecular weight excluding hydrogens is 244 g/mol. The predicted octanol–water partition coefficient (Wildman–Crippen LogP) is 0.568. The smallest absolute Gasteiger partial charge is 0.270 e. The van der Waals surface area contributed by atoms with Gasteiger partial charge in [0.05, 0.1) is 6.54 Å². The second kappa shape index (κ2) is 5.01. The van der Waals surface area contributed by atoms with Crippen LogP contribution in [-0.2, 0) is 4.79 Å². The maximum Gasteiger partial charge on any atom is 0.270 e. The van der Waals surface area contributed by atoms with Crippen LogP contribution in [0.4, 0.5) is 5.69 Å². The second-order valence-corrected chi connectivity index (χ2v) is 4.36. The average molecular weight is 260 g/mol. The van der Waals surface area contributed by atoms with Gasteiger partial charge in [-0.25, -0.2) is 0 Å². The Morgan fingerprint density at radius 3 is 2.79 bits per heavy atom. The van der Waals surface area contributed by atoms with Crippen molar-refractivity contribution in [3.63, 3.8) is 0 Å². The maximum absolute atomic E-state index is 12.1. The van der Waals surface area contributed by atoms with E-state index in [1.165, 1.54) is 11.9 Å². The van der Waals surface area contributed by atoms with Crippen LogP contribution in [0.25, 0.3) is 10.9 Å². The van der Waals surface area contributed by atoms with E-state index >= 15 is 0 Å². The van der Waals surface area contributed by atoms with E-state index in [2.05, 4.69) is 10.3 Å². The summed E-state index contributed by atoms with van der Waals surface area (Å²) in [6.07, 6.45) is 0. The van der Waals surface area contributed by atoms with E-state index in [9.17, 15) is 9.59 Å². The number of fused-ring (bicyclic) bond motifs is 1. The van der Waals surface area contributed by atoms with Gasteiger partial charge < -0.3 is 20.9 Å². The minimum absolute atomic E-state index is 0.0207. The molecule has 0 radical (unpaired) electrons. The monoisotopic (exact) mass is 260 g/mol. The second-order valence-electron chi connectivity index (χ2n) is 4.36. The lowest BCUT2D eigenvalue weighted by Gasteiger charge is -2.14. The number of benzene rings is 1. The SMILES string of the molecule is CNC(=O)CN(C)C(=O)c1cc2cc(N)ccc2[nH]1. The Bertz CT molecular complexity index is 633. The van der Waals surface area contributed by atoms with E-state index in [4.69, 9.17) is 5.73 Å².